The van der Waals surface area contributed by atoms with Crippen LogP contribution in [0.5, 0.6) is 0 Å². The third-order valence-corrected chi connectivity index (χ3v) is 3.93. The van der Waals surface area contributed by atoms with Gasteiger partial charge in [-0.2, -0.15) is 0 Å². The Labute approximate surface area is 135 Å². The van der Waals surface area contributed by atoms with Crippen molar-refractivity contribution in [1.29, 1.82) is 0 Å². The van der Waals surface area contributed by atoms with E-state index in [1.807, 2.05) is 6.08 Å². The van der Waals surface area contributed by atoms with Crippen LogP contribution in [0.15, 0.2) is 11.8 Å². The molecule has 0 aliphatic carbocycles. The lowest BCUT2D eigenvalue weighted by Gasteiger charge is -2.01. The van der Waals surface area contributed by atoms with Crippen LogP contribution in [-0.2, 0) is 4.79 Å². The predicted octanol–water partition coefficient (Wildman–Crippen LogP) is 5.83. The minimum atomic E-state index is -0.212. The van der Waals surface area contributed by atoms with Gasteiger partial charge in [0.2, 0.25) is 5.70 Å². The number of hydrogen-bond acceptors (Lipinski definition) is 3. The summed E-state index contributed by atoms with van der Waals surface area (Å²) in [6, 6.07) is 0. The fourth-order valence-electron chi connectivity index (χ4n) is 2.53. The highest BCUT2D eigenvalue weighted by Crippen LogP contribution is 2.14. The summed E-state index contributed by atoms with van der Waals surface area (Å²) in [5, 5.41) is 11.0. The Kier molecular flexibility index (Phi) is 15.3. The zero-order valence-corrected chi connectivity index (χ0v) is 14.2. The zero-order chi connectivity index (χ0) is 16.5. The van der Waals surface area contributed by atoms with Crippen LogP contribution in [0.4, 0.5) is 0 Å². The van der Waals surface area contributed by atoms with Crippen LogP contribution in [0.2, 0.25) is 0 Å². The normalized spacial score (nSPS) is 11.6. The van der Waals surface area contributed by atoms with Gasteiger partial charge in [-0.05, 0) is 31.8 Å². The number of rotatable bonds is 16. The fraction of sp³-hybridized carbons (Fsp3) is 0.833. The maximum Gasteiger partial charge on any atom is 0.242 e. The molecule has 0 amide bonds. The van der Waals surface area contributed by atoms with Crippen molar-refractivity contribution in [3.8, 4) is 0 Å². The van der Waals surface area contributed by atoms with Gasteiger partial charge >= 0.3 is 0 Å². The van der Waals surface area contributed by atoms with Crippen molar-refractivity contribution in [3.63, 3.8) is 0 Å². The number of aldehydes is 1. The molecular weight excluding hydrogens is 278 g/mol. The first-order valence-corrected chi connectivity index (χ1v) is 8.99. The van der Waals surface area contributed by atoms with Crippen molar-refractivity contribution in [2.24, 2.45) is 0 Å². The lowest BCUT2D eigenvalue weighted by Crippen LogP contribution is -1.99. The average molecular weight is 311 g/mol. The number of allylic oxidation sites excluding steroid dienone is 2. The summed E-state index contributed by atoms with van der Waals surface area (Å²) >= 11 is 0. The number of hydrogen-bond donors (Lipinski definition) is 0. The zero-order valence-electron chi connectivity index (χ0n) is 14.2. The van der Waals surface area contributed by atoms with E-state index in [0.717, 1.165) is 57.7 Å². The molecule has 0 bridgehead atoms. The summed E-state index contributed by atoms with van der Waals surface area (Å²) in [6.07, 6.45) is 17.1. The maximum absolute atomic E-state index is 11.0. The van der Waals surface area contributed by atoms with Crippen molar-refractivity contribution >= 4 is 6.29 Å². The number of carbonyl (C=O) groups excluding carboxylic acids is 1. The molecule has 0 spiro atoms. The third kappa shape index (κ3) is 13.8. The molecule has 0 saturated carbocycles. The summed E-state index contributed by atoms with van der Waals surface area (Å²) in [5.74, 6) is 0. The lowest BCUT2D eigenvalue weighted by atomic mass is 10.1. The number of nitro groups is 1. The molecule has 0 aliphatic heterocycles. The van der Waals surface area contributed by atoms with Gasteiger partial charge in [-0.3, -0.25) is 10.1 Å². The number of carbonyl (C=O) groups is 1. The SMILES string of the molecule is CCCCCCCC/C(=C\CCCCCCCC=O)[N+](=O)[O-]. The van der Waals surface area contributed by atoms with Gasteiger partial charge in [0.25, 0.3) is 0 Å². The maximum atomic E-state index is 11.0. The van der Waals surface area contributed by atoms with Crippen LogP contribution in [0.25, 0.3) is 0 Å². The molecule has 0 aliphatic rings. The monoisotopic (exact) mass is 311 g/mol. The van der Waals surface area contributed by atoms with E-state index in [-0.39, 0.29) is 4.92 Å². The summed E-state index contributed by atoms with van der Waals surface area (Å²) in [7, 11) is 0. The molecule has 0 rings (SSSR count). The van der Waals surface area contributed by atoms with E-state index in [1.54, 1.807) is 0 Å². The Hall–Kier alpha value is -1.19. The van der Waals surface area contributed by atoms with Gasteiger partial charge in [-0.15, -0.1) is 0 Å². The Morgan fingerprint density at radius 2 is 1.41 bits per heavy atom. The summed E-state index contributed by atoms with van der Waals surface area (Å²) in [5.41, 5.74) is 0.399. The molecule has 0 unspecified atom stereocenters. The molecule has 0 atom stereocenters. The van der Waals surface area contributed by atoms with E-state index in [0.29, 0.717) is 18.5 Å². The molecule has 0 aromatic rings. The van der Waals surface area contributed by atoms with Crippen molar-refractivity contribution in [2.45, 2.75) is 96.8 Å². The summed E-state index contributed by atoms with van der Waals surface area (Å²) in [4.78, 5) is 21.0. The van der Waals surface area contributed by atoms with Gasteiger partial charge in [-0.25, -0.2) is 0 Å². The van der Waals surface area contributed by atoms with Crippen LogP contribution < -0.4 is 0 Å². The standard InChI is InChI=1S/C18H33NO3/c1-2-3-4-5-9-12-15-18(19(21)22)16-13-10-7-6-8-11-14-17-20/h16-17H,2-15H2,1H3/b18-16+. The number of unbranched alkanes of at least 4 members (excludes halogenated alkanes) is 11. The van der Waals surface area contributed by atoms with E-state index in [9.17, 15) is 14.9 Å². The highest BCUT2D eigenvalue weighted by molar-refractivity contribution is 5.48. The number of nitrogens with zero attached hydrogens (tertiary/aromatic N) is 1. The second kappa shape index (κ2) is 16.2. The molecule has 4 nitrogen and oxygen atoms in total. The van der Waals surface area contributed by atoms with E-state index in [2.05, 4.69) is 6.92 Å². The molecule has 0 fully saturated rings. The Balaban J connectivity index is 3.68. The molecule has 0 aromatic heterocycles. The third-order valence-electron chi connectivity index (χ3n) is 3.93. The van der Waals surface area contributed by atoms with E-state index >= 15 is 0 Å². The van der Waals surface area contributed by atoms with E-state index < -0.39 is 0 Å². The van der Waals surface area contributed by atoms with Crippen LogP contribution in [0, 0.1) is 10.1 Å². The van der Waals surface area contributed by atoms with Crippen LogP contribution in [0.1, 0.15) is 96.8 Å². The fourth-order valence-corrected chi connectivity index (χ4v) is 2.53. The first-order chi connectivity index (χ1) is 10.7. The first-order valence-electron chi connectivity index (χ1n) is 8.99. The van der Waals surface area contributed by atoms with E-state index in [4.69, 9.17) is 0 Å². The smallest absolute Gasteiger partial charge is 0.242 e. The van der Waals surface area contributed by atoms with Gasteiger partial charge in [-0.1, -0.05) is 58.3 Å². The van der Waals surface area contributed by atoms with Crippen molar-refractivity contribution < 1.29 is 9.72 Å². The molecular formula is C18H33NO3. The lowest BCUT2D eigenvalue weighted by molar-refractivity contribution is -0.428. The molecule has 0 aromatic carbocycles. The Morgan fingerprint density at radius 1 is 0.864 bits per heavy atom. The largest absolute Gasteiger partial charge is 0.303 e. The van der Waals surface area contributed by atoms with Gasteiger partial charge in [0.05, 0.1) is 4.92 Å². The minimum absolute atomic E-state index is 0.212. The van der Waals surface area contributed by atoms with Gasteiger partial charge in [0, 0.05) is 12.8 Å². The van der Waals surface area contributed by atoms with Gasteiger partial charge in [0.1, 0.15) is 6.29 Å². The first kappa shape index (κ1) is 20.8. The minimum Gasteiger partial charge on any atom is -0.303 e. The molecule has 4 heteroatoms. The van der Waals surface area contributed by atoms with Gasteiger partial charge in [0.15, 0.2) is 0 Å². The average Bonchev–Trinajstić information content (AvgIpc) is 2.50. The van der Waals surface area contributed by atoms with Crippen LogP contribution in [-0.4, -0.2) is 11.2 Å². The van der Waals surface area contributed by atoms with Crippen molar-refractivity contribution in [2.75, 3.05) is 0 Å². The second-order valence-corrected chi connectivity index (χ2v) is 5.98. The molecule has 0 radical (unpaired) electrons. The summed E-state index contributed by atoms with van der Waals surface area (Å²) < 4.78 is 0. The Bertz CT molecular complexity index is 313. The predicted molar refractivity (Wildman–Crippen MR) is 91.5 cm³/mol. The quantitative estimate of drug-likeness (QED) is 0.156. The molecule has 0 heterocycles. The molecule has 128 valence electrons. The van der Waals surface area contributed by atoms with Crippen molar-refractivity contribution in [3.05, 3.63) is 21.9 Å². The van der Waals surface area contributed by atoms with Crippen molar-refractivity contribution in [1.82, 2.24) is 0 Å². The van der Waals surface area contributed by atoms with E-state index in [1.165, 1.54) is 25.7 Å². The van der Waals surface area contributed by atoms with Crippen LogP contribution in [0.3, 0.4) is 0 Å². The van der Waals surface area contributed by atoms with Crippen LogP contribution >= 0.6 is 0 Å². The molecule has 0 N–H and O–H groups in total. The second-order valence-electron chi connectivity index (χ2n) is 5.98. The highest BCUT2D eigenvalue weighted by atomic mass is 16.6. The van der Waals surface area contributed by atoms with Gasteiger partial charge < -0.3 is 4.79 Å². The highest BCUT2D eigenvalue weighted by Gasteiger charge is 2.09. The Morgan fingerprint density at radius 3 is 2.00 bits per heavy atom. The molecule has 22 heavy (non-hydrogen) atoms. The topological polar surface area (TPSA) is 60.2 Å². The summed E-state index contributed by atoms with van der Waals surface area (Å²) in [6.45, 7) is 2.19. The molecule has 0 saturated heterocycles.